The van der Waals surface area contributed by atoms with E-state index in [1.807, 2.05) is 37.3 Å². The first-order valence-corrected chi connectivity index (χ1v) is 5.33. The van der Waals surface area contributed by atoms with Crippen molar-refractivity contribution in [2.75, 3.05) is 0 Å². The standard InChI is InChI=1S/C13H14O3/c1-2-13(9-8-11(14)16-13)12(15)10-6-4-3-5-7-10/h3-9,12,15H,2H2,1H3/t12-,13+/m0/s1. The van der Waals surface area contributed by atoms with Gasteiger partial charge in [-0.1, -0.05) is 37.3 Å². The highest BCUT2D eigenvalue weighted by Gasteiger charge is 2.41. The van der Waals surface area contributed by atoms with E-state index in [4.69, 9.17) is 4.74 Å². The van der Waals surface area contributed by atoms with E-state index in [-0.39, 0.29) is 0 Å². The third-order valence-corrected chi connectivity index (χ3v) is 2.92. The van der Waals surface area contributed by atoms with E-state index in [1.165, 1.54) is 6.08 Å². The molecule has 3 heteroatoms. The molecule has 0 amide bonds. The van der Waals surface area contributed by atoms with Gasteiger partial charge >= 0.3 is 5.97 Å². The minimum atomic E-state index is -0.904. The van der Waals surface area contributed by atoms with Crippen LogP contribution in [0.2, 0.25) is 0 Å². The predicted molar refractivity (Wildman–Crippen MR) is 59.7 cm³/mol. The first-order chi connectivity index (χ1) is 7.68. The van der Waals surface area contributed by atoms with Crippen LogP contribution in [-0.4, -0.2) is 16.7 Å². The van der Waals surface area contributed by atoms with E-state index in [9.17, 15) is 9.90 Å². The molecular weight excluding hydrogens is 204 g/mol. The molecule has 3 nitrogen and oxygen atoms in total. The number of aliphatic hydroxyl groups excluding tert-OH is 1. The molecule has 0 saturated carbocycles. The molecule has 2 atom stereocenters. The fourth-order valence-corrected chi connectivity index (χ4v) is 1.91. The summed E-state index contributed by atoms with van der Waals surface area (Å²) < 4.78 is 5.21. The van der Waals surface area contributed by atoms with E-state index in [0.717, 1.165) is 5.56 Å². The number of benzene rings is 1. The summed E-state index contributed by atoms with van der Waals surface area (Å²) in [4.78, 5) is 11.1. The first kappa shape index (κ1) is 10.9. The number of esters is 1. The molecule has 0 fully saturated rings. The Morgan fingerprint density at radius 1 is 1.38 bits per heavy atom. The van der Waals surface area contributed by atoms with Crippen LogP contribution >= 0.6 is 0 Å². The SMILES string of the molecule is CC[C@]1([C@@H](O)c2ccccc2)C=CC(=O)O1. The van der Waals surface area contributed by atoms with Gasteiger partial charge in [0, 0.05) is 6.08 Å². The molecule has 1 heterocycles. The van der Waals surface area contributed by atoms with Crippen LogP contribution in [0.25, 0.3) is 0 Å². The normalized spacial score (nSPS) is 25.5. The monoisotopic (exact) mass is 218 g/mol. The second-order valence-corrected chi connectivity index (χ2v) is 3.88. The zero-order valence-electron chi connectivity index (χ0n) is 9.09. The smallest absolute Gasteiger partial charge is 0.331 e. The molecular formula is C13H14O3. The molecule has 0 aliphatic carbocycles. The van der Waals surface area contributed by atoms with E-state index in [1.54, 1.807) is 6.08 Å². The van der Waals surface area contributed by atoms with Gasteiger partial charge in [-0.3, -0.25) is 0 Å². The predicted octanol–water partition coefficient (Wildman–Crippen LogP) is 1.98. The lowest BCUT2D eigenvalue weighted by Crippen LogP contribution is -2.35. The third-order valence-electron chi connectivity index (χ3n) is 2.92. The van der Waals surface area contributed by atoms with Crippen LogP contribution in [0, 0.1) is 0 Å². The van der Waals surface area contributed by atoms with Crippen LogP contribution in [0.4, 0.5) is 0 Å². The maximum atomic E-state index is 11.1. The molecule has 0 bridgehead atoms. The Balaban J connectivity index is 2.30. The molecule has 2 rings (SSSR count). The quantitative estimate of drug-likeness (QED) is 0.789. The summed E-state index contributed by atoms with van der Waals surface area (Å²) in [5.74, 6) is -0.392. The van der Waals surface area contributed by atoms with Gasteiger partial charge < -0.3 is 9.84 Å². The third kappa shape index (κ3) is 1.74. The molecule has 0 aromatic heterocycles. The lowest BCUT2D eigenvalue weighted by molar-refractivity contribution is -0.155. The molecule has 1 N–H and O–H groups in total. The van der Waals surface area contributed by atoms with E-state index < -0.39 is 17.7 Å². The maximum absolute atomic E-state index is 11.1. The van der Waals surface area contributed by atoms with Crippen molar-refractivity contribution in [2.45, 2.75) is 25.0 Å². The van der Waals surface area contributed by atoms with Crippen molar-refractivity contribution in [2.24, 2.45) is 0 Å². The Hall–Kier alpha value is -1.61. The van der Waals surface area contributed by atoms with Gasteiger partial charge in [0.2, 0.25) is 0 Å². The molecule has 1 aromatic rings. The second kappa shape index (κ2) is 4.10. The van der Waals surface area contributed by atoms with Gasteiger partial charge in [0.05, 0.1) is 0 Å². The van der Waals surface area contributed by atoms with Crippen LogP contribution < -0.4 is 0 Å². The second-order valence-electron chi connectivity index (χ2n) is 3.88. The average molecular weight is 218 g/mol. The van der Waals surface area contributed by atoms with Gasteiger partial charge in [-0.15, -0.1) is 0 Å². The van der Waals surface area contributed by atoms with Crippen molar-refractivity contribution in [1.29, 1.82) is 0 Å². The van der Waals surface area contributed by atoms with Gasteiger partial charge in [0.25, 0.3) is 0 Å². The molecule has 1 aliphatic rings. The molecule has 16 heavy (non-hydrogen) atoms. The van der Waals surface area contributed by atoms with Crippen LogP contribution in [0.3, 0.4) is 0 Å². The summed E-state index contributed by atoms with van der Waals surface area (Å²) in [7, 11) is 0. The molecule has 0 saturated heterocycles. The number of carbonyl (C=O) groups excluding carboxylic acids is 1. The van der Waals surface area contributed by atoms with Crippen molar-refractivity contribution < 1.29 is 14.6 Å². The number of aliphatic hydroxyl groups is 1. The highest BCUT2D eigenvalue weighted by atomic mass is 16.6. The summed E-state index contributed by atoms with van der Waals surface area (Å²) in [5.41, 5.74) is -0.151. The number of rotatable bonds is 3. The van der Waals surface area contributed by atoms with Crippen molar-refractivity contribution in [3.8, 4) is 0 Å². The van der Waals surface area contributed by atoms with Gasteiger partial charge in [-0.05, 0) is 18.1 Å². The van der Waals surface area contributed by atoms with Gasteiger partial charge in [0.1, 0.15) is 6.10 Å². The number of carbonyl (C=O) groups is 1. The minimum Gasteiger partial charge on any atom is -0.448 e. The minimum absolute atomic E-state index is 0.392. The average Bonchev–Trinajstić information content (AvgIpc) is 2.72. The fraction of sp³-hybridized carbons (Fsp3) is 0.308. The van der Waals surface area contributed by atoms with E-state index in [2.05, 4.69) is 0 Å². The summed E-state index contributed by atoms with van der Waals surface area (Å²) in [5, 5.41) is 10.3. The zero-order valence-corrected chi connectivity index (χ0v) is 9.09. The Kier molecular flexibility index (Phi) is 2.79. The Morgan fingerprint density at radius 3 is 2.56 bits per heavy atom. The highest BCUT2D eigenvalue weighted by molar-refractivity contribution is 5.85. The number of hydrogen-bond acceptors (Lipinski definition) is 3. The summed E-state index contributed by atoms with van der Waals surface area (Å²) in [6.45, 7) is 1.88. The molecule has 1 aliphatic heterocycles. The molecule has 0 unspecified atom stereocenters. The van der Waals surface area contributed by atoms with Gasteiger partial charge in [-0.2, -0.15) is 0 Å². The van der Waals surface area contributed by atoms with Crippen LogP contribution in [0.5, 0.6) is 0 Å². The van der Waals surface area contributed by atoms with E-state index >= 15 is 0 Å². The first-order valence-electron chi connectivity index (χ1n) is 5.33. The van der Waals surface area contributed by atoms with E-state index in [0.29, 0.717) is 6.42 Å². The van der Waals surface area contributed by atoms with Gasteiger partial charge in [-0.25, -0.2) is 4.79 Å². The van der Waals surface area contributed by atoms with Crippen LogP contribution in [-0.2, 0) is 9.53 Å². The highest BCUT2D eigenvalue weighted by Crippen LogP contribution is 2.36. The number of ether oxygens (including phenoxy) is 1. The zero-order chi connectivity index (χ0) is 11.6. The maximum Gasteiger partial charge on any atom is 0.331 e. The molecule has 1 aromatic carbocycles. The van der Waals surface area contributed by atoms with Crippen molar-refractivity contribution >= 4 is 5.97 Å². The summed E-state index contributed by atoms with van der Waals surface area (Å²) >= 11 is 0. The fourth-order valence-electron chi connectivity index (χ4n) is 1.91. The van der Waals surface area contributed by atoms with Crippen molar-refractivity contribution in [1.82, 2.24) is 0 Å². The Morgan fingerprint density at radius 2 is 2.06 bits per heavy atom. The van der Waals surface area contributed by atoms with Crippen LogP contribution in [0.15, 0.2) is 42.5 Å². The van der Waals surface area contributed by atoms with Crippen LogP contribution in [0.1, 0.15) is 25.0 Å². The lowest BCUT2D eigenvalue weighted by atomic mass is 9.89. The van der Waals surface area contributed by atoms with Crippen molar-refractivity contribution in [3.05, 3.63) is 48.0 Å². The Bertz CT molecular complexity index is 410. The van der Waals surface area contributed by atoms with Crippen molar-refractivity contribution in [3.63, 3.8) is 0 Å². The summed E-state index contributed by atoms with van der Waals surface area (Å²) in [6, 6.07) is 9.22. The summed E-state index contributed by atoms with van der Waals surface area (Å²) in [6.07, 6.45) is 2.75. The lowest BCUT2D eigenvalue weighted by Gasteiger charge is -2.30. The van der Waals surface area contributed by atoms with Gasteiger partial charge in [0.15, 0.2) is 5.60 Å². The molecule has 0 radical (unpaired) electrons. The largest absolute Gasteiger partial charge is 0.448 e. The topological polar surface area (TPSA) is 46.5 Å². The molecule has 84 valence electrons. The number of cyclic esters (lactones) is 1. The number of hydrogen-bond donors (Lipinski definition) is 1. The molecule has 0 spiro atoms. The Labute approximate surface area is 94.4 Å².